The zero-order chi connectivity index (χ0) is 14.3. The number of nitrogens with zero attached hydrogens (tertiary/aromatic N) is 1. The van der Waals surface area contributed by atoms with E-state index in [2.05, 4.69) is 0 Å². The van der Waals surface area contributed by atoms with Gasteiger partial charge < -0.3 is 5.11 Å². The minimum Gasteiger partial charge on any atom is -0.478 e. The predicted molar refractivity (Wildman–Crippen MR) is 73.0 cm³/mol. The number of fused-ring (bicyclic) bond motifs is 1. The van der Waals surface area contributed by atoms with Crippen LogP contribution in [-0.4, -0.2) is 36.9 Å². The fourth-order valence-corrected chi connectivity index (χ4v) is 4.86. The maximum atomic E-state index is 12.5. The topological polar surface area (TPSA) is 74.7 Å². The summed E-state index contributed by atoms with van der Waals surface area (Å²) < 4.78 is 26.6. The first-order chi connectivity index (χ1) is 9.48. The summed E-state index contributed by atoms with van der Waals surface area (Å²) in [7, 11) is -3.48. The number of carbonyl (C=O) groups is 1. The molecule has 2 atom stereocenters. The van der Waals surface area contributed by atoms with Crippen LogP contribution < -0.4 is 0 Å². The summed E-state index contributed by atoms with van der Waals surface area (Å²) in [5, 5.41) is 8.84. The first-order valence-electron chi connectivity index (χ1n) is 6.82. The van der Waals surface area contributed by atoms with Crippen molar-refractivity contribution in [3.63, 3.8) is 0 Å². The molecule has 1 aromatic rings. The van der Waals surface area contributed by atoms with E-state index in [-0.39, 0.29) is 10.5 Å². The van der Waals surface area contributed by atoms with E-state index < -0.39 is 16.0 Å². The van der Waals surface area contributed by atoms with E-state index in [1.807, 2.05) is 0 Å². The summed E-state index contributed by atoms with van der Waals surface area (Å²) >= 11 is 0. The Hall–Kier alpha value is -1.40. The highest BCUT2D eigenvalue weighted by molar-refractivity contribution is 7.89. The molecule has 0 amide bonds. The zero-order valence-corrected chi connectivity index (χ0v) is 11.8. The number of rotatable bonds is 3. The molecule has 1 heterocycles. The van der Waals surface area contributed by atoms with E-state index in [4.69, 9.17) is 5.11 Å². The molecule has 3 rings (SSSR count). The molecule has 1 N–H and O–H groups in total. The lowest BCUT2D eigenvalue weighted by Gasteiger charge is -2.17. The van der Waals surface area contributed by atoms with Crippen molar-refractivity contribution in [2.45, 2.75) is 24.2 Å². The summed E-state index contributed by atoms with van der Waals surface area (Å²) in [5.74, 6) is -0.0456. The molecule has 0 spiro atoms. The van der Waals surface area contributed by atoms with E-state index in [0.717, 1.165) is 12.8 Å². The molecule has 1 aromatic carbocycles. The van der Waals surface area contributed by atoms with E-state index in [1.165, 1.54) is 30.7 Å². The van der Waals surface area contributed by atoms with E-state index >= 15 is 0 Å². The van der Waals surface area contributed by atoms with Crippen LogP contribution in [0.25, 0.3) is 0 Å². The number of carboxylic acids is 1. The zero-order valence-electron chi connectivity index (χ0n) is 11.0. The molecule has 108 valence electrons. The molecule has 0 bridgehead atoms. The summed E-state index contributed by atoms with van der Waals surface area (Å²) in [5.41, 5.74) is 0.0993. The molecule has 1 aliphatic heterocycles. The van der Waals surface area contributed by atoms with E-state index in [9.17, 15) is 13.2 Å². The first kappa shape index (κ1) is 13.6. The quantitative estimate of drug-likeness (QED) is 0.922. The van der Waals surface area contributed by atoms with Crippen LogP contribution in [-0.2, 0) is 10.0 Å². The van der Waals surface area contributed by atoms with Gasteiger partial charge in [-0.05, 0) is 48.9 Å². The van der Waals surface area contributed by atoms with Gasteiger partial charge in [0.2, 0.25) is 10.0 Å². The van der Waals surface area contributed by atoms with Gasteiger partial charge in [-0.2, -0.15) is 4.31 Å². The molecule has 5 nitrogen and oxygen atoms in total. The van der Waals surface area contributed by atoms with Gasteiger partial charge >= 0.3 is 5.97 Å². The van der Waals surface area contributed by atoms with Crippen LogP contribution in [0, 0.1) is 11.8 Å². The minimum absolute atomic E-state index is 0.0993. The van der Waals surface area contributed by atoms with Crippen molar-refractivity contribution in [1.29, 1.82) is 0 Å². The van der Waals surface area contributed by atoms with Gasteiger partial charge in [-0.15, -0.1) is 0 Å². The first-order valence-corrected chi connectivity index (χ1v) is 8.26. The maximum absolute atomic E-state index is 12.5. The van der Waals surface area contributed by atoms with Crippen molar-refractivity contribution in [2.75, 3.05) is 13.1 Å². The third-order valence-electron chi connectivity index (χ3n) is 4.43. The van der Waals surface area contributed by atoms with Crippen molar-refractivity contribution in [1.82, 2.24) is 4.31 Å². The van der Waals surface area contributed by atoms with Crippen molar-refractivity contribution in [3.05, 3.63) is 29.8 Å². The lowest BCUT2D eigenvalue weighted by molar-refractivity contribution is 0.0696. The third-order valence-corrected chi connectivity index (χ3v) is 6.28. The monoisotopic (exact) mass is 295 g/mol. The fourth-order valence-electron chi connectivity index (χ4n) is 3.31. The summed E-state index contributed by atoms with van der Waals surface area (Å²) in [6, 6.07) is 5.44. The van der Waals surface area contributed by atoms with Crippen LogP contribution >= 0.6 is 0 Å². The molecule has 1 saturated heterocycles. The molecule has 1 aliphatic carbocycles. The van der Waals surface area contributed by atoms with Crippen LogP contribution in [0.15, 0.2) is 29.2 Å². The second-order valence-corrected chi connectivity index (χ2v) is 7.54. The minimum atomic E-state index is -3.48. The number of carboxylic acid groups (broad SMARTS) is 1. The van der Waals surface area contributed by atoms with Gasteiger partial charge in [-0.25, -0.2) is 13.2 Å². The fraction of sp³-hybridized carbons (Fsp3) is 0.500. The Morgan fingerprint density at radius 1 is 1.10 bits per heavy atom. The average Bonchev–Trinajstić information content (AvgIpc) is 2.99. The molecular weight excluding hydrogens is 278 g/mol. The van der Waals surface area contributed by atoms with Gasteiger partial charge in [0.05, 0.1) is 10.5 Å². The van der Waals surface area contributed by atoms with Gasteiger partial charge in [0.15, 0.2) is 0 Å². The Balaban J connectivity index is 1.83. The van der Waals surface area contributed by atoms with Gasteiger partial charge in [0, 0.05) is 13.1 Å². The summed E-state index contributed by atoms with van der Waals surface area (Å²) in [6.45, 7) is 1.21. The number of sulfonamides is 1. The smallest absolute Gasteiger partial charge is 0.335 e. The molecule has 0 aromatic heterocycles. The number of hydrogen-bond donors (Lipinski definition) is 1. The molecular formula is C14H17NO4S. The van der Waals surface area contributed by atoms with Crippen molar-refractivity contribution in [2.24, 2.45) is 11.8 Å². The van der Waals surface area contributed by atoms with Crippen LogP contribution in [0.1, 0.15) is 29.6 Å². The van der Waals surface area contributed by atoms with Crippen molar-refractivity contribution in [3.8, 4) is 0 Å². The van der Waals surface area contributed by atoms with E-state index in [1.54, 1.807) is 4.31 Å². The lowest BCUT2D eigenvalue weighted by Crippen LogP contribution is -2.29. The van der Waals surface area contributed by atoms with Gasteiger partial charge in [-0.1, -0.05) is 6.42 Å². The Labute approximate surface area is 118 Å². The van der Waals surface area contributed by atoms with Crippen LogP contribution in [0.5, 0.6) is 0 Å². The number of aromatic carboxylic acids is 1. The molecule has 20 heavy (non-hydrogen) atoms. The molecule has 2 fully saturated rings. The third kappa shape index (κ3) is 2.23. The highest BCUT2D eigenvalue weighted by atomic mass is 32.2. The predicted octanol–water partition coefficient (Wildman–Crippen LogP) is 1.81. The van der Waals surface area contributed by atoms with Crippen molar-refractivity contribution >= 4 is 16.0 Å². The molecule has 2 unspecified atom stereocenters. The van der Waals surface area contributed by atoms with Gasteiger partial charge in [0.1, 0.15) is 0 Å². The van der Waals surface area contributed by atoms with Crippen LogP contribution in [0.4, 0.5) is 0 Å². The molecule has 2 aliphatic rings. The Kier molecular flexibility index (Phi) is 3.30. The Morgan fingerprint density at radius 3 is 2.15 bits per heavy atom. The number of hydrogen-bond acceptors (Lipinski definition) is 3. The standard InChI is InChI=1S/C14H17NO4S/c16-14(17)10-4-6-13(7-5-10)20(18,19)15-8-11-2-1-3-12(11)9-15/h4-7,11-12H,1-3,8-9H2,(H,16,17). The largest absolute Gasteiger partial charge is 0.478 e. The summed E-state index contributed by atoms with van der Waals surface area (Å²) in [4.78, 5) is 11.0. The second-order valence-electron chi connectivity index (χ2n) is 5.60. The van der Waals surface area contributed by atoms with Crippen molar-refractivity contribution < 1.29 is 18.3 Å². The second kappa shape index (κ2) is 4.86. The molecule has 0 radical (unpaired) electrons. The highest BCUT2D eigenvalue weighted by Crippen LogP contribution is 2.39. The normalized spacial score (nSPS) is 26.6. The Morgan fingerprint density at radius 2 is 1.65 bits per heavy atom. The van der Waals surface area contributed by atoms with Crippen LogP contribution in [0.3, 0.4) is 0 Å². The maximum Gasteiger partial charge on any atom is 0.335 e. The SMILES string of the molecule is O=C(O)c1ccc(S(=O)(=O)N2CC3CCCC3C2)cc1. The van der Waals surface area contributed by atoms with Gasteiger partial charge in [-0.3, -0.25) is 0 Å². The summed E-state index contributed by atoms with van der Waals surface area (Å²) in [6.07, 6.45) is 3.44. The van der Waals surface area contributed by atoms with Crippen LogP contribution in [0.2, 0.25) is 0 Å². The van der Waals surface area contributed by atoms with E-state index in [0.29, 0.717) is 24.9 Å². The van der Waals surface area contributed by atoms with Gasteiger partial charge in [0.25, 0.3) is 0 Å². The average molecular weight is 295 g/mol. The Bertz CT molecular complexity index is 611. The lowest BCUT2D eigenvalue weighted by atomic mass is 10.0. The number of benzene rings is 1. The molecule has 6 heteroatoms. The highest BCUT2D eigenvalue weighted by Gasteiger charge is 2.41. The molecule has 1 saturated carbocycles.